The first kappa shape index (κ1) is 15.5. The topological polar surface area (TPSA) is 40.5 Å². The lowest BCUT2D eigenvalue weighted by atomic mass is 9.89. The van der Waals surface area contributed by atoms with Crippen LogP contribution in [0.15, 0.2) is 24.3 Å². The van der Waals surface area contributed by atoms with Crippen molar-refractivity contribution in [2.24, 2.45) is 5.92 Å². The van der Waals surface area contributed by atoms with Gasteiger partial charge in [-0.1, -0.05) is 49.9 Å². The minimum Gasteiger partial charge on any atom is -0.383 e. The molecule has 1 N–H and O–H groups in total. The third kappa shape index (κ3) is 3.19. The van der Waals surface area contributed by atoms with Crippen LogP contribution in [-0.2, 0) is 10.4 Å². The number of β-amino-alcohol motifs (C(OH)–C–C–N with tert-alkyl or cyclic N) is 1. The van der Waals surface area contributed by atoms with Crippen molar-refractivity contribution in [3.05, 3.63) is 35.4 Å². The quantitative estimate of drug-likeness (QED) is 0.926. The van der Waals surface area contributed by atoms with Gasteiger partial charge in [0.15, 0.2) is 0 Å². The number of amides is 1. The van der Waals surface area contributed by atoms with Crippen LogP contribution in [0.3, 0.4) is 0 Å². The fourth-order valence-electron chi connectivity index (χ4n) is 4.11. The summed E-state index contributed by atoms with van der Waals surface area (Å²) in [5.74, 6) is 0.971. The highest BCUT2D eigenvalue weighted by Gasteiger charge is 2.40. The van der Waals surface area contributed by atoms with Gasteiger partial charge >= 0.3 is 0 Å². The molecule has 0 unspecified atom stereocenters. The minimum absolute atomic E-state index is 0.219. The smallest absolute Gasteiger partial charge is 0.222 e. The van der Waals surface area contributed by atoms with Crippen LogP contribution in [0.25, 0.3) is 0 Å². The fourth-order valence-corrected chi connectivity index (χ4v) is 4.11. The number of hydrogen-bond donors (Lipinski definition) is 1. The van der Waals surface area contributed by atoms with E-state index in [1.54, 1.807) is 0 Å². The average Bonchev–Trinajstić information content (AvgIpc) is 3.15. The first-order chi connectivity index (χ1) is 10.6. The average molecular weight is 301 g/mol. The molecule has 2 fully saturated rings. The van der Waals surface area contributed by atoms with E-state index in [2.05, 4.69) is 0 Å². The predicted octanol–water partition coefficient (Wildman–Crippen LogP) is 3.39. The second-order valence-corrected chi connectivity index (χ2v) is 7.10. The van der Waals surface area contributed by atoms with Crippen LogP contribution in [0.4, 0.5) is 0 Å². The van der Waals surface area contributed by atoms with Crippen LogP contribution in [0.5, 0.6) is 0 Å². The van der Waals surface area contributed by atoms with Crippen molar-refractivity contribution in [3.8, 4) is 0 Å². The number of carbonyl (C=O) groups excluding carboxylic acids is 1. The van der Waals surface area contributed by atoms with E-state index in [0.29, 0.717) is 25.9 Å². The summed E-state index contributed by atoms with van der Waals surface area (Å²) in [5, 5.41) is 10.9. The van der Waals surface area contributed by atoms with Crippen molar-refractivity contribution < 1.29 is 9.90 Å². The molecular formula is C19H27NO2. The van der Waals surface area contributed by atoms with Crippen molar-refractivity contribution in [1.82, 2.24) is 4.90 Å². The minimum atomic E-state index is -0.867. The highest BCUT2D eigenvalue weighted by Crippen LogP contribution is 2.35. The van der Waals surface area contributed by atoms with Crippen molar-refractivity contribution in [2.45, 2.75) is 57.5 Å². The molecule has 1 atom stereocenters. The zero-order chi connectivity index (χ0) is 15.6. The zero-order valence-electron chi connectivity index (χ0n) is 13.6. The molecule has 22 heavy (non-hydrogen) atoms. The zero-order valence-corrected chi connectivity index (χ0v) is 13.6. The molecule has 1 aromatic rings. The van der Waals surface area contributed by atoms with Crippen LogP contribution < -0.4 is 0 Å². The van der Waals surface area contributed by atoms with E-state index in [1.807, 2.05) is 36.1 Å². The highest BCUT2D eigenvalue weighted by atomic mass is 16.3. The van der Waals surface area contributed by atoms with Gasteiger partial charge in [-0.05, 0) is 36.8 Å². The maximum absolute atomic E-state index is 12.4. The first-order valence-electron chi connectivity index (χ1n) is 8.65. The van der Waals surface area contributed by atoms with Gasteiger partial charge in [-0.25, -0.2) is 0 Å². The Morgan fingerprint density at radius 2 is 2.05 bits per heavy atom. The van der Waals surface area contributed by atoms with Gasteiger partial charge < -0.3 is 10.0 Å². The normalized spacial score (nSPS) is 25.8. The Labute approximate surface area is 133 Å². The number of aryl methyl sites for hydroxylation is 1. The molecule has 0 spiro atoms. The lowest BCUT2D eigenvalue weighted by molar-refractivity contribution is -0.131. The summed E-state index contributed by atoms with van der Waals surface area (Å²) in [5.41, 5.74) is 1.21. The van der Waals surface area contributed by atoms with Crippen molar-refractivity contribution >= 4 is 5.91 Å². The van der Waals surface area contributed by atoms with Gasteiger partial charge in [0.25, 0.3) is 0 Å². The van der Waals surface area contributed by atoms with Crippen LogP contribution in [0.1, 0.15) is 56.1 Å². The van der Waals surface area contributed by atoms with Gasteiger partial charge in [-0.15, -0.1) is 0 Å². The Morgan fingerprint density at radius 1 is 1.32 bits per heavy atom. The van der Waals surface area contributed by atoms with Crippen LogP contribution >= 0.6 is 0 Å². The SMILES string of the molecule is Cc1ccccc1[C@@]1(O)CCN(C(=O)CCC2CCCC2)C1. The van der Waals surface area contributed by atoms with Gasteiger partial charge in [-0.2, -0.15) is 0 Å². The molecule has 120 valence electrons. The van der Waals surface area contributed by atoms with Gasteiger partial charge in [0.2, 0.25) is 5.91 Å². The molecule has 3 rings (SSSR count). The molecular weight excluding hydrogens is 274 g/mol. The molecule has 1 aliphatic carbocycles. The number of rotatable bonds is 4. The molecule has 1 amide bonds. The standard InChI is InChI=1S/C19H27NO2/c1-15-6-2-5-9-17(15)19(22)12-13-20(14-19)18(21)11-10-16-7-3-4-8-16/h2,5-6,9,16,22H,3-4,7-8,10-14H2,1H3/t19-/m1/s1. The van der Waals surface area contributed by atoms with Gasteiger partial charge in [0.1, 0.15) is 5.60 Å². The highest BCUT2D eigenvalue weighted by molar-refractivity contribution is 5.76. The van der Waals surface area contributed by atoms with Crippen LogP contribution in [0, 0.1) is 12.8 Å². The maximum Gasteiger partial charge on any atom is 0.222 e. The molecule has 0 radical (unpaired) electrons. The third-order valence-corrected chi connectivity index (χ3v) is 5.49. The van der Waals surface area contributed by atoms with Crippen molar-refractivity contribution in [2.75, 3.05) is 13.1 Å². The summed E-state index contributed by atoms with van der Waals surface area (Å²) in [4.78, 5) is 14.3. The molecule has 2 aliphatic rings. The van der Waals surface area contributed by atoms with E-state index >= 15 is 0 Å². The van der Waals surface area contributed by atoms with Crippen molar-refractivity contribution in [3.63, 3.8) is 0 Å². The summed E-state index contributed by atoms with van der Waals surface area (Å²) in [7, 11) is 0. The molecule has 0 aromatic heterocycles. The Bertz CT molecular complexity index is 536. The van der Waals surface area contributed by atoms with E-state index in [4.69, 9.17) is 0 Å². The monoisotopic (exact) mass is 301 g/mol. The lowest BCUT2D eigenvalue weighted by Crippen LogP contribution is -2.34. The first-order valence-corrected chi connectivity index (χ1v) is 8.65. The maximum atomic E-state index is 12.4. The third-order valence-electron chi connectivity index (χ3n) is 5.49. The number of carbonyl (C=O) groups is 1. The van der Waals surface area contributed by atoms with E-state index in [-0.39, 0.29) is 5.91 Å². The molecule has 1 aromatic carbocycles. The Morgan fingerprint density at radius 3 is 2.77 bits per heavy atom. The Balaban J connectivity index is 1.59. The van der Waals surface area contributed by atoms with E-state index < -0.39 is 5.60 Å². The molecule has 3 nitrogen and oxygen atoms in total. The van der Waals surface area contributed by atoms with Crippen LogP contribution in [-0.4, -0.2) is 29.0 Å². The number of aliphatic hydroxyl groups is 1. The molecule has 3 heteroatoms. The second-order valence-electron chi connectivity index (χ2n) is 7.10. The van der Waals surface area contributed by atoms with E-state index in [9.17, 15) is 9.90 Å². The largest absolute Gasteiger partial charge is 0.383 e. The fraction of sp³-hybridized carbons (Fsp3) is 0.632. The second kappa shape index (κ2) is 6.41. The Hall–Kier alpha value is -1.35. The van der Waals surface area contributed by atoms with Crippen LogP contribution in [0.2, 0.25) is 0 Å². The molecule has 0 bridgehead atoms. The van der Waals surface area contributed by atoms with E-state index in [1.165, 1.54) is 25.7 Å². The summed E-state index contributed by atoms with van der Waals surface area (Å²) in [6, 6.07) is 7.96. The van der Waals surface area contributed by atoms with Gasteiger partial charge in [0.05, 0.1) is 6.54 Å². The number of likely N-dealkylation sites (tertiary alicyclic amines) is 1. The Kier molecular flexibility index (Phi) is 4.53. The lowest BCUT2D eigenvalue weighted by Gasteiger charge is -2.25. The summed E-state index contributed by atoms with van der Waals surface area (Å²) < 4.78 is 0. The number of hydrogen-bond acceptors (Lipinski definition) is 2. The molecule has 1 saturated heterocycles. The van der Waals surface area contributed by atoms with Gasteiger partial charge in [-0.3, -0.25) is 4.79 Å². The van der Waals surface area contributed by atoms with E-state index in [0.717, 1.165) is 23.5 Å². The number of nitrogens with zero attached hydrogens (tertiary/aromatic N) is 1. The summed E-state index contributed by atoms with van der Waals surface area (Å²) >= 11 is 0. The molecule has 1 saturated carbocycles. The molecule has 1 aliphatic heterocycles. The number of benzene rings is 1. The van der Waals surface area contributed by atoms with Crippen molar-refractivity contribution in [1.29, 1.82) is 0 Å². The summed E-state index contributed by atoms with van der Waals surface area (Å²) in [6.07, 6.45) is 7.56. The predicted molar refractivity (Wildman–Crippen MR) is 87.5 cm³/mol. The van der Waals surface area contributed by atoms with Gasteiger partial charge in [0, 0.05) is 13.0 Å². The summed E-state index contributed by atoms with van der Waals surface area (Å²) in [6.45, 7) is 3.15. The molecule has 1 heterocycles.